The fraction of sp³-hybridized carbons (Fsp3) is 0.419. The number of ether oxygens (including phenoxy) is 1. The molecular weight excluding hydrogens is 509 g/mol. The molecule has 212 valence electrons. The number of piperidine rings is 1. The fourth-order valence-corrected chi connectivity index (χ4v) is 4.74. The van der Waals surface area contributed by atoms with Gasteiger partial charge in [0.2, 0.25) is 5.95 Å². The second kappa shape index (κ2) is 12.4. The van der Waals surface area contributed by atoms with Crippen LogP contribution in [-0.4, -0.2) is 52.1 Å². The van der Waals surface area contributed by atoms with E-state index in [1.807, 2.05) is 58.0 Å². The first-order valence-electron chi connectivity index (χ1n) is 13.7. The van der Waals surface area contributed by atoms with Gasteiger partial charge in [-0.15, -0.1) is 0 Å². The number of carbonyl (C=O) groups is 2. The van der Waals surface area contributed by atoms with Crippen molar-refractivity contribution in [1.82, 2.24) is 14.9 Å². The Morgan fingerprint density at radius 1 is 1.10 bits per heavy atom. The van der Waals surface area contributed by atoms with Crippen LogP contribution < -0.4 is 10.2 Å². The highest BCUT2D eigenvalue weighted by Gasteiger charge is 2.30. The maximum atomic E-state index is 14.4. The Labute approximate surface area is 235 Å². The molecule has 3 aromatic rings. The molecule has 0 spiro atoms. The lowest BCUT2D eigenvalue weighted by atomic mass is 9.95. The molecule has 9 heteroatoms. The number of hydrogen-bond acceptors (Lipinski definition) is 6. The summed E-state index contributed by atoms with van der Waals surface area (Å²) in [6.07, 6.45) is 2.69. The Morgan fingerprint density at radius 3 is 2.48 bits per heavy atom. The molecule has 1 saturated heterocycles. The molecule has 0 bridgehead atoms. The number of amides is 2. The van der Waals surface area contributed by atoms with Crippen molar-refractivity contribution >= 4 is 23.8 Å². The molecule has 0 saturated carbocycles. The standard InChI is InChI=1S/C31H38FN5O3/c1-21-25(12-9-13-26(21)32)28(38)37(20-23-15-18-36(19-16-23)30(39)40-31(3,4)5)27-14-17-33-29(35-27)34-22(2)24-10-7-6-8-11-24/h6-14,17,22-23H,15-16,18-20H2,1-5H3,(H,33,34,35)/t22-/m0/s1. The van der Waals surface area contributed by atoms with E-state index in [-0.39, 0.29) is 29.5 Å². The molecule has 0 unspecified atom stereocenters. The summed E-state index contributed by atoms with van der Waals surface area (Å²) in [6, 6.07) is 16.1. The molecule has 40 heavy (non-hydrogen) atoms. The van der Waals surface area contributed by atoms with E-state index in [4.69, 9.17) is 9.72 Å². The van der Waals surface area contributed by atoms with Crippen LogP contribution in [0.2, 0.25) is 0 Å². The first kappa shape index (κ1) is 29.0. The lowest BCUT2D eigenvalue weighted by Crippen LogP contribution is -2.45. The minimum Gasteiger partial charge on any atom is -0.444 e. The van der Waals surface area contributed by atoms with Gasteiger partial charge in [0.15, 0.2) is 0 Å². The van der Waals surface area contributed by atoms with Crippen molar-refractivity contribution in [3.63, 3.8) is 0 Å². The van der Waals surface area contributed by atoms with Crippen molar-refractivity contribution in [2.75, 3.05) is 29.9 Å². The van der Waals surface area contributed by atoms with E-state index in [0.717, 1.165) is 5.56 Å². The predicted octanol–water partition coefficient (Wildman–Crippen LogP) is 6.39. The average molecular weight is 548 g/mol. The normalized spacial score (nSPS) is 14.9. The second-order valence-electron chi connectivity index (χ2n) is 11.3. The van der Waals surface area contributed by atoms with Crippen molar-refractivity contribution in [3.8, 4) is 0 Å². The summed E-state index contributed by atoms with van der Waals surface area (Å²) in [5, 5.41) is 3.31. The van der Waals surface area contributed by atoms with E-state index in [1.54, 1.807) is 41.1 Å². The number of rotatable bonds is 7. The molecule has 1 aliphatic heterocycles. The van der Waals surface area contributed by atoms with Crippen molar-refractivity contribution in [1.29, 1.82) is 0 Å². The molecule has 1 N–H and O–H groups in total. The van der Waals surface area contributed by atoms with E-state index in [9.17, 15) is 14.0 Å². The minimum absolute atomic E-state index is 0.0525. The predicted molar refractivity (Wildman–Crippen MR) is 154 cm³/mol. The van der Waals surface area contributed by atoms with Crippen molar-refractivity contribution in [2.45, 2.75) is 59.1 Å². The van der Waals surface area contributed by atoms with Crippen molar-refractivity contribution in [2.24, 2.45) is 5.92 Å². The Balaban J connectivity index is 1.55. The molecule has 2 amide bonds. The van der Waals surface area contributed by atoms with E-state index in [0.29, 0.717) is 49.8 Å². The number of likely N-dealkylation sites (tertiary alicyclic amines) is 1. The van der Waals surface area contributed by atoms with Gasteiger partial charge in [-0.1, -0.05) is 36.4 Å². The largest absolute Gasteiger partial charge is 0.444 e. The Kier molecular flexibility index (Phi) is 9.02. The highest BCUT2D eigenvalue weighted by atomic mass is 19.1. The third kappa shape index (κ3) is 7.34. The van der Waals surface area contributed by atoms with Crippen LogP contribution in [0, 0.1) is 18.7 Å². The molecule has 2 heterocycles. The number of halogens is 1. The molecule has 1 aromatic heterocycles. The number of hydrogen-bond donors (Lipinski definition) is 1. The highest BCUT2D eigenvalue weighted by molar-refractivity contribution is 6.06. The Hall–Kier alpha value is -4.01. The highest BCUT2D eigenvalue weighted by Crippen LogP contribution is 2.26. The Morgan fingerprint density at radius 2 is 1.80 bits per heavy atom. The summed E-state index contributed by atoms with van der Waals surface area (Å²) in [5.74, 6) is 0.181. The smallest absolute Gasteiger partial charge is 0.410 e. The van der Waals surface area contributed by atoms with Crippen molar-refractivity contribution < 1.29 is 18.7 Å². The average Bonchev–Trinajstić information content (AvgIpc) is 2.93. The van der Waals surface area contributed by atoms with E-state index in [2.05, 4.69) is 10.3 Å². The van der Waals surface area contributed by atoms with Crippen LogP contribution in [0.5, 0.6) is 0 Å². The summed E-state index contributed by atoms with van der Waals surface area (Å²) in [5.41, 5.74) is 1.10. The number of benzene rings is 2. The summed E-state index contributed by atoms with van der Waals surface area (Å²) < 4.78 is 19.9. The summed E-state index contributed by atoms with van der Waals surface area (Å²) in [4.78, 5) is 38.8. The van der Waals surface area contributed by atoms with Crippen LogP contribution in [-0.2, 0) is 4.74 Å². The van der Waals surface area contributed by atoms with Gasteiger partial charge in [-0.2, -0.15) is 4.98 Å². The lowest BCUT2D eigenvalue weighted by Gasteiger charge is -2.35. The van der Waals surface area contributed by atoms with Gasteiger partial charge >= 0.3 is 6.09 Å². The van der Waals surface area contributed by atoms with Crippen LogP contribution in [0.15, 0.2) is 60.8 Å². The number of carbonyl (C=O) groups excluding carboxylic acids is 2. The van der Waals surface area contributed by atoms with Gasteiger partial charge in [-0.3, -0.25) is 9.69 Å². The van der Waals surface area contributed by atoms with Crippen LogP contribution in [0.25, 0.3) is 0 Å². The third-order valence-electron chi connectivity index (χ3n) is 7.01. The zero-order valence-corrected chi connectivity index (χ0v) is 23.9. The summed E-state index contributed by atoms with van der Waals surface area (Å²) in [7, 11) is 0. The summed E-state index contributed by atoms with van der Waals surface area (Å²) in [6.45, 7) is 10.6. The molecule has 0 radical (unpaired) electrons. The van der Waals surface area contributed by atoms with Gasteiger partial charge in [0, 0.05) is 31.4 Å². The van der Waals surface area contributed by atoms with Crippen molar-refractivity contribution in [3.05, 3.63) is 83.3 Å². The minimum atomic E-state index is -0.559. The van der Waals surface area contributed by atoms with E-state index in [1.165, 1.54) is 6.07 Å². The van der Waals surface area contributed by atoms with Crippen LogP contribution in [0.4, 0.5) is 21.0 Å². The van der Waals surface area contributed by atoms with Gasteiger partial charge in [-0.05, 0) is 82.7 Å². The summed E-state index contributed by atoms with van der Waals surface area (Å²) >= 11 is 0. The fourth-order valence-electron chi connectivity index (χ4n) is 4.74. The van der Waals surface area contributed by atoms with E-state index >= 15 is 0 Å². The topological polar surface area (TPSA) is 87.7 Å². The SMILES string of the molecule is Cc1c(F)cccc1C(=O)N(CC1CCN(C(=O)OC(C)(C)C)CC1)c1ccnc(N[C@@H](C)c2ccccc2)n1. The van der Waals surface area contributed by atoms with Gasteiger partial charge in [-0.25, -0.2) is 14.2 Å². The number of aromatic nitrogens is 2. The van der Waals surface area contributed by atoms with Gasteiger partial charge < -0.3 is 15.0 Å². The second-order valence-corrected chi connectivity index (χ2v) is 11.3. The van der Waals surface area contributed by atoms with Crippen LogP contribution in [0.3, 0.4) is 0 Å². The maximum absolute atomic E-state index is 14.4. The van der Waals surface area contributed by atoms with Gasteiger partial charge in [0.05, 0.1) is 6.04 Å². The monoisotopic (exact) mass is 547 g/mol. The number of anilines is 2. The quantitative estimate of drug-likeness (QED) is 0.369. The molecule has 1 atom stereocenters. The number of nitrogens with one attached hydrogen (secondary N) is 1. The lowest BCUT2D eigenvalue weighted by molar-refractivity contribution is 0.0185. The molecule has 2 aromatic carbocycles. The molecule has 4 rings (SSSR count). The molecule has 1 aliphatic rings. The van der Waals surface area contributed by atoms with Crippen LogP contribution in [0.1, 0.15) is 68.1 Å². The molecule has 8 nitrogen and oxygen atoms in total. The molecular formula is C31H38FN5O3. The zero-order chi connectivity index (χ0) is 28.9. The van der Waals surface area contributed by atoms with Gasteiger partial charge in [0.25, 0.3) is 5.91 Å². The first-order valence-corrected chi connectivity index (χ1v) is 13.7. The van der Waals surface area contributed by atoms with Crippen LogP contribution >= 0.6 is 0 Å². The Bertz CT molecular complexity index is 1320. The maximum Gasteiger partial charge on any atom is 0.410 e. The zero-order valence-electron chi connectivity index (χ0n) is 23.9. The molecule has 0 aliphatic carbocycles. The van der Waals surface area contributed by atoms with Gasteiger partial charge in [0.1, 0.15) is 17.2 Å². The number of nitrogens with zero attached hydrogens (tertiary/aromatic N) is 4. The molecule has 1 fully saturated rings. The van der Waals surface area contributed by atoms with E-state index < -0.39 is 11.4 Å². The first-order chi connectivity index (χ1) is 19.0. The third-order valence-corrected chi connectivity index (χ3v) is 7.01.